The van der Waals surface area contributed by atoms with Gasteiger partial charge in [0.1, 0.15) is 5.65 Å². The maximum Gasteiger partial charge on any atom is 0.415 e. The van der Waals surface area contributed by atoms with Crippen LogP contribution < -0.4 is 26.5 Å². The van der Waals surface area contributed by atoms with Crippen molar-refractivity contribution in [3.8, 4) is 0 Å². The van der Waals surface area contributed by atoms with E-state index in [0.717, 1.165) is 75.7 Å². The van der Waals surface area contributed by atoms with E-state index in [1.54, 1.807) is 0 Å². The molecule has 10 rings (SSSR count). The van der Waals surface area contributed by atoms with E-state index in [4.69, 9.17) is 4.98 Å². The van der Waals surface area contributed by atoms with Gasteiger partial charge in [-0.1, -0.05) is 168 Å². The smallest absolute Gasteiger partial charge is 0.309 e. The molecular formula is C47H33N2O2P2+. The van der Waals surface area contributed by atoms with Crippen molar-refractivity contribution in [1.82, 2.24) is 9.38 Å². The van der Waals surface area contributed by atoms with E-state index < -0.39 is 14.9 Å². The Morgan fingerprint density at radius 1 is 0.472 bits per heavy atom. The van der Waals surface area contributed by atoms with Gasteiger partial charge < -0.3 is 4.57 Å². The monoisotopic (exact) mass is 719 g/mol. The van der Waals surface area contributed by atoms with Gasteiger partial charge in [-0.3, -0.25) is 4.40 Å². The van der Waals surface area contributed by atoms with Crippen molar-refractivity contribution in [1.29, 1.82) is 0 Å². The quantitative estimate of drug-likeness (QED) is 0.132. The van der Waals surface area contributed by atoms with Crippen molar-refractivity contribution < 1.29 is 9.13 Å². The molecule has 0 aliphatic carbocycles. The molecule has 0 saturated heterocycles. The van der Waals surface area contributed by atoms with Crippen LogP contribution in [0.2, 0.25) is 0 Å². The van der Waals surface area contributed by atoms with Crippen molar-refractivity contribution in [2.75, 3.05) is 0 Å². The lowest BCUT2D eigenvalue weighted by Crippen LogP contribution is -2.25. The Balaban J connectivity index is 0.000000224. The second-order valence-electron chi connectivity index (χ2n) is 12.9. The summed E-state index contributed by atoms with van der Waals surface area (Å²) in [7, 11) is -4.66. The van der Waals surface area contributed by atoms with Crippen LogP contribution in [0.25, 0.3) is 49.1 Å². The zero-order valence-electron chi connectivity index (χ0n) is 28.7. The highest BCUT2D eigenvalue weighted by Gasteiger charge is 2.33. The van der Waals surface area contributed by atoms with Crippen LogP contribution in [0.3, 0.4) is 0 Å². The maximum absolute atomic E-state index is 15.6. The summed E-state index contributed by atoms with van der Waals surface area (Å²) < 4.78 is 29.9. The summed E-state index contributed by atoms with van der Waals surface area (Å²) in [6.45, 7) is 0. The molecular weight excluding hydrogens is 686 g/mol. The number of imidazole rings is 1. The second-order valence-corrected chi connectivity index (χ2v) is 17.2. The van der Waals surface area contributed by atoms with E-state index in [-0.39, 0.29) is 0 Å². The minimum absolute atomic E-state index is 0.825. The van der Waals surface area contributed by atoms with Gasteiger partial charge in [0, 0.05) is 37.5 Å². The van der Waals surface area contributed by atoms with Gasteiger partial charge in [0.2, 0.25) is 0 Å². The summed E-state index contributed by atoms with van der Waals surface area (Å²) in [5.74, 6) is 0. The predicted molar refractivity (Wildman–Crippen MR) is 224 cm³/mol. The number of hydrogen-bond donors (Lipinski definition) is 0. The van der Waals surface area contributed by atoms with Gasteiger partial charge in [-0.05, 0) is 41.8 Å². The number of fused-ring (bicyclic) bond motifs is 10. The molecule has 10 aromatic rings. The standard InChI is InChI=1S/C35H23N2OP.C12H10OP/c38-39(25-13-3-1-4-14-25,26-15-5-2-6-16-26)32-21-11-18-29-33(32)28-23-22-24-12-7-8-17-27(24)34(28)37-31-20-10-9-19-30(31)36-35(29)37;13-14(11-7-3-1-4-8-11)12-9-5-2-6-10-12/h1-23H;1-10H/q;+1. The molecule has 4 nitrogen and oxygen atoms in total. The molecule has 53 heavy (non-hydrogen) atoms. The highest BCUT2D eigenvalue weighted by molar-refractivity contribution is 7.85. The Morgan fingerprint density at radius 2 is 1.00 bits per heavy atom. The number of rotatable bonds is 5. The molecule has 2 aromatic heterocycles. The van der Waals surface area contributed by atoms with E-state index >= 15 is 4.57 Å². The summed E-state index contributed by atoms with van der Waals surface area (Å²) >= 11 is 0. The zero-order chi connectivity index (χ0) is 35.8. The first-order valence-corrected chi connectivity index (χ1v) is 20.5. The van der Waals surface area contributed by atoms with E-state index in [1.807, 2.05) is 133 Å². The fourth-order valence-electron chi connectivity index (χ4n) is 7.38. The highest BCUT2D eigenvalue weighted by Crippen LogP contribution is 2.47. The van der Waals surface area contributed by atoms with Crippen LogP contribution in [0.5, 0.6) is 0 Å². The van der Waals surface area contributed by atoms with Gasteiger partial charge in [0.05, 0.1) is 16.6 Å². The van der Waals surface area contributed by atoms with Crippen LogP contribution >= 0.6 is 14.9 Å². The molecule has 0 unspecified atom stereocenters. The van der Waals surface area contributed by atoms with Crippen LogP contribution in [-0.4, -0.2) is 9.38 Å². The minimum Gasteiger partial charge on any atom is -0.309 e. The topological polar surface area (TPSA) is 51.4 Å². The van der Waals surface area contributed by atoms with Crippen LogP contribution in [0.1, 0.15) is 0 Å². The number of nitrogens with zero attached hydrogens (tertiary/aromatic N) is 2. The minimum atomic E-state index is -3.24. The molecule has 252 valence electrons. The van der Waals surface area contributed by atoms with Crippen LogP contribution in [0.15, 0.2) is 200 Å². The average molecular weight is 720 g/mol. The Labute approximate surface area is 308 Å². The van der Waals surface area contributed by atoms with Crippen molar-refractivity contribution >= 4 is 90.6 Å². The summed E-state index contributed by atoms with van der Waals surface area (Å²) in [6.07, 6.45) is 0. The molecule has 0 aliphatic rings. The third-order valence-corrected chi connectivity index (χ3v) is 14.4. The average Bonchev–Trinajstić information content (AvgIpc) is 3.64. The van der Waals surface area contributed by atoms with Gasteiger partial charge in [-0.15, -0.1) is 0 Å². The molecule has 0 radical (unpaired) electrons. The normalized spacial score (nSPS) is 11.5. The van der Waals surface area contributed by atoms with E-state index in [1.165, 1.54) is 0 Å². The Kier molecular flexibility index (Phi) is 8.49. The first-order chi connectivity index (χ1) is 26.1. The SMILES string of the molecule is O=P(c1ccccc1)(c1ccccc1)c1cccc2c1c1ccc3ccccc3c1n1c3ccccc3nc21.O=[P+](c1ccccc1)c1ccccc1. The second kappa shape index (κ2) is 13.7. The van der Waals surface area contributed by atoms with Crippen LogP contribution in [0, 0.1) is 0 Å². The molecule has 8 aromatic carbocycles. The van der Waals surface area contributed by atoms with Gasteiger partial charge in [0.25, 0.3) is 0 Å². The summed E-state index contributed by atoms with van der Waals surface area (Å²) in [5.41, 5.74) is 3.98. The first kappa shape index (κ1) is 32.7. The summed E-state index contributed by atoms with van der Waals surface area (Å²) in [6, 6.07) is 66.2. The van der Waals surface area contributed by atoms with Crippen LogP contribution in [0.4, 0.5) is 0 Å². The Bertz CT molecular complexity index is 2900. The summed E-state index contributed by atoms with van der Waals surface area (Å²) in [4.78, 5) is 5.14. The number of benzene rings is 8. The van der Waals surface area contributed by atoms with Gasteiger partial charge in [0.15, 0.2) is 17.8 Å². The summed E-state index contributed by atoms with van der Waals surface area (Å²) in [5, 5.41) is 9.63. The number of hydrogen-bond acceptors (Lipinski definition) is 3. The zero-order valence-corrected chi connectivity index (χ0v) is 30.4. The molecule has 0 atom stereocenters. The number of aromatic nitrogens is 2. The molecule has 6 heteroatoms. The Hall–Kier alpha value is -6.18. The molecule has 0 saturated carbocycles. The number of para-hydroxylation sites is 2. The lowest BCUT2D eigenvalue weighted by Gasteiger charge is -2.23. The molecule has 0 amide bonds. The largest absolute Gasteiger partial charge is 0.415 e. The molecule has 0 bridgehead atoms. The molecule has 0 N–H and O–H groups in total. The van der Waals surface area contributed by atoms with Crippen LogP contribution in [-0.2, 0) is 9.13 Å². The predicted octanol–water partition coefficient (Wildman–Crippen LogP) is 10.1. The number of pyridine rings is 1. The van der Waals surface area contributed by atoms with E-state index in [9.17, 15) is 4.57 Å². The van der Waals surface area contributed by atoms with Gasteiger partial charge in [-0.25, -0.2) is 4.98 Å². The highest BCUT2D eigenvalue weighted by atomic mass is 31.2. The fraction of sp³-hybridized carbons (Fsp3) is 0. The third-order valence-electron chi connectivity index (χ3n) is 9.80. The van der Waals surface area contributed by atoms with Gasteiger partial charge in [-0.2, -0.15) is 0 Å². The third kappa shape index (κ3) is 5.65. The van der Waals surface area contributed by atoms with Crippen molar-refractivity contribution in [3.05, 3.63) is 200 Å². The lowest BCUT2D eigenvalue weighted by molar-refractivity contribution is 0.592. The van der Waals surface area contributed by atoms with Crippen molar-refractivity contribution in [2.24, 2.45) is 0 Å². The molecule has 0 spiro atoms. The first-order valence-electron chi connectivity index (χ1n) is 17.6. The molecule has 0 fully saturated rings. The maximum atomic E-state index is 15.6. The molecule has 0 aliphatic heterocycles. The van der Waals surface area contributed by atoms with E-state index in [2.05, 4.69) is 71.1 Å². The van der Waals surface area contributed by atoms with Gasteiger partial charge >= 0.3 is 7.80 Å². The lowest BCUT2D eigenvalue weighted by atomic mass is 10.0. The Morgan fingerprint density at radius 3 is 1.64 bits per heavy atom. The van der Waals surface area contributed by atoms with Crippen molar-refractivity contribution in [3.63, 3.8) is 0 Å². The fourth-order valence-corrected chi connectivity index (χ4v) is 11.5. The van der Waals surface area contributed by atoms with E-state index in [0.29, 0.717) is 0 Å². The molecule has 2 heterocycles. The van der Waals surface area contributed by atoms with Crippen molar-refractivity contribution in [2.45, 2.75) is 0 Å².